The maximum atomic E-state index is 4.63. The highest BCUT2D eigenvalue weighted by Crippen LogP contribution is 2.28. The summed E-state index contributed by atoms with van der Waals surface area (Å²) in [5.74, 6) is 1.64. The number of hydrogen-bond donors (Lipinski definition) is 1. The summed E-state index contributed by atoms with van der Waals surface area (Å²) < 4.78 is 0.959. The van der Waals surface area contributed by atoms with Crippen molar-refractivity contribution in [2.24, 2.45) is 0 Å². The molecule has 92 valence electrons. The zero-order valence-electron chi connectivity index (χ0n) is 10.1. The summed E-state index contributed by atoms with van der Waals surface area (Å²) in [6.45, 7) is 0. The van der Waals surface area contributed by atoms with E-state index in [1.165, 1.54) is 5.56 Å². The van der Waals surface area contributed by atoms with Crippen molar-refractivity contribution in [3.8, 4) is 11.5 Å². The van der Waals surface area contributed by atoms with Gasteiger partial charge < -0.3 is 5.32 Å². The molecule has 0 unspecified atom stereocenters. The predicted octanol–water partition coefficient (Wildman–Crippen LogP) is 2.83. The number of hydrogen-bond acceptors (Lipinski definition) is 4. The molecule has 4 nitrogen and oxygen atoms in total. The molecule has 2 aromatic heterocycles. The number of pyridine rings is 1. The first kappa shape index (κ1) is 11.6. The molecule has 2 aromatic rings. The lowest BCUT2D eigenvalue weighted by Crippen LogP contribution is -2.04. The molecule has 0 atom stereocenters. The lowest BCUT2D eigenvalue weighted by molar-refractivity contribution is 0.899. The summed E-state index contributed by atoms with van der Waals surface area (Å²) in [4.78, 5) is 13.5. The lowest BCUT2D eigenvalue weighted by Gasteiger charge is -2.09. The summed E-state index contributed by atoms with van der Waals surface area (Å²) in [6.07, 6.45) is 5.04. The summed E-state index contributed by atoms with van der Waals surface area (Å²) in [5.41, 5.74) is 3.23. The van der Waals surface area contributed by atoms with Gasteiger partial charge in [0.05, 0.1) is 0 Å². The summed E-state index contributed by atoms with van der Waals surface area (Å²) in [5, 5.41) is 3.16. The Bertz CT molecular complexity index is 580. The van der Waals surface area contributed by atoms with Crippen molar-refractivity contribution in [2.75, 3.05) is 12.4 Å². The van der Waals surface area contributed by atoms with Gasteiger partial charge >= 0.3 is 0 Å². The van der Waals surface area contributed by atoms with E-state index < -0.39 is 0 Å². The van der Waals surface area contributed by atoms with Gasteiger partial charge in [0.25, 0.3) is 0 Å². The van der Waals surface area contributed by atoms with Crippen LogP contribution in [0.15, 0.2) is 22.8 Å². The predicted molar refractivity (Wildman–Crippen MR) is 74.5 cm³/mol. The lowest BCUT2D eigenvalue weighted by atomic mass is 10.2. The molecule has 0 saturated carbocycles. The van der Waals surface area contributed by atoms with Crippen molar-refractivity contribution in [3.63, 3.8) is 0 Å². The number of nitrogens with zero attached hydrogens (tertiary/aromatic N) is 3. The largest absolute Gasteiger partial charge is 0.373 e. The van der Waals surface area contributed by atoms with E-state index in [1.807, 2.05) is 19.2 Å². The Balaban J connectivity index is 2.10. The van der Waals surface area contributed by atoms with Crippen molar-refractivity contribution in [1.29, 1.82) is 0 Å². The van der Waals surface area contributed by atoms with Crippen LogP contribution in [0.2, 0.25) is 0 Å². The third-order valence-electron chi connectivity index (χ3n) is 3.13. The fraction of sp³-hybridized carbons (Fsp3) is 0.308. The van der Waals surface area contributed by atoms with Crippen molar-refractivity contribution in [2.45, 2.75) is 19.3 Å². The van der Waals surface area contributed by atoms with Crippen molar-refractivity contribution in [3.05, 3.63) is 34.1 Å². The van der Waals surface area contributed by atoms with Gasteiger partial charge in [-0.3, -0.25) is 4.98 Å². The molecule has 2 heterocycles. The van der Waals surface area contributed by atoms with Crippen molar-refractivity contribution < 1.29 is 0 Å². The quantitative estimate of drug-likeness (QED) is 0.927. The monoisotopic (exact) mass is 304 g/mol. The first-order chi connectivity index (χ1) is 8.78. The molecule has 1 aliphatic rings. The molecule has 0 fully saturated rings. The zero-order chi connectivity index (χ0) is 12.5. The first-order valence-electron chi connectivity index (χ1n) is 5.97. The molecule has 0 aromatic carbocycles. The number of rotatable bonds is 2. The number of aryl methyl sites for hydroxylation is 1. The van der Waals surface area contributed by atoms with Crippen LogP contribution in [0.5, 0.6) is 0 Å². The van der Waals surface area contributed by atoms with E-state index in [9.17, 15) is 0 Å². The maximum absolute atomic E-state index is 4.63. The minimum absolute atomic E-state index is 0.701. The minimum Gasteiger partial charge on any atom is -0.373 e. The van der Waals surface area contributed by atoms with Crippen LogP contribution < -0.4 is 5.32 Å². The van der Waals surface area contributed by atoms with Gasteiger partial charge in [-0.25, -0.2) is 9.97 Å². The van der Waals surface area contributed by atoms with Gasteiger partial charge in [-0.15, -0.1) is 0 Å². The Hall–Kier alpha value is -1.49. The SMILES string of the molecule is CNc1nc(-c2ccc(Br)cn2)nc2c1CCC2. The van der Waals surface area contributed by atoms with Crippen LogP contribution in [0.3, 0.4) is 0 Å². The molecule has 0 bridgehead atoms. The number of fused-ring (bicyclic) bond motifs is 1. The summed E-state index contributed by atoms with van der Waals surface area (Å²) in [7, 11) is 1.90. The second-order valence-electron chi connectivity index (χ2n) is 4.29. The summed E-state index contributed by atoms with van der Waals surface area (Å²) in [6, 6.07) is 3.89. The maximum Gasteiger partial charge on any atom is 0.180 e. The third-order valence-corrected chi connectivity index (χ3v) is 3.60. The third kappa shape index (κ3) is 1.99. The Kier molecular flexibility index (Phi) is 2.99. The summed E-state index contributed by atoms with van der Waals surface area (Å²) >= 11 is 3.38. The van der Waals surface area contributed by atoms with Crippen LogP contribution in [-0.4, -0.2) is 22.0 Å². The highest BCUT2D eigenvalue weighted by Gasteiger charge is 2.19. The molecule has 3 rings (SSSR count). The molecule has 0 amide bonds. The molecular weight excluding hydrogens is 292 g/mol. The van der Waals surface area contributed by atoms with Gasteiger partial charge in [0, 0.05) is 29.0 Å². The van der Waals surface area contributed by atoms with Gasteiger partial charge in [0.15, 0.2) is 5.82 Å². The smallest absolute Gasteiger partial charge is 0.180 e. The average Bonchev–Trinajstić information content (AvgIpc) is 2.86. The molecule has 0 saturated heterocycles. The molecule has 0 spiro atoms. The van der Waals surface area contributed by atoms with E-state index in [0.717, 1.165) is 40.9 Å². The molecular formula is C13H13BrN4. The number of anilines is 1. The Morgan fingerprint density at radius 3 is 2.83 bits per heavy atom. The van der Waals surface area contributed by atoms with Crippen LogP contribution in [0.1, 0.15) is 17.7 Å². The molecule has 1 aliphatic carbocycles. The molecule has 1 N–H and O–H groups in total. The van der Waals surface area contributed by atoms with Gasteiger partial charge in [-0.2, -0.15) is 0 Å². The molecule has 0 aliphatic heterocycles. The zero-order valence-corrected chi connectivity index (χ0v) is 11.7. The number of aromatic nitrogens is 3. The Morgan fingerprint density at radius 1 is 1.22 bits per heavy atom. The van der Waals surface area contributed by atoms with Crippen molar-refractivity contribution in [1.82, 2.24) is 15.0 Å². The number of halogens is 1. The highest BCUT2D eigenvalue weighted by molar-refractivity contribution is 9.10. The normalized spacial score (nSPS) is 13.4. The first-order valence-corrected chi connectivity index (χ1v) is 6.76. The molecule has 0 radical (unpaired) electrons. The fourth-order valence-electron chi connectivity index (χ4n) is 2.26. The standard InChI is InChI=1S/C13H13BrN4/c1-15-12-9-3-2-4-10(9)17-13(18-12)11-6-5-8(14)7-16-11/h5-7H,2-4H2,1H3,(H,15,17,18). The fourth-order valence-corrected chi connectivity index (χ4v) is 2.50. The van der Waals surface area contributed by atoms with Gasteiger partial charge in [-0.05, 0) is 47.3 Å². The van der Waals surface area contributed by atoms with E-state index >= 15 is 0 Å². The van der Waals surface area contributed by atoms with Gasteiger partial charge in [0.1, 0.15) is 11.5 Å². The van der Waals surface area contributed by atoms with Crippen LogP contribution in [0.25, 0.3) is 11.5 Å². The second kappa shape index (κ2) is 4.65. The number of nitrogens with one attached hydrogen (secondary N) is 1. The molecule has 5 heteroatoms. The van der Waals surface area contributed by atoms with E-state index in [4.69, 9.17) is 0 Å². The molecule has 18 heavy (non-hydrogen) atoms. The Labute approximate surface area is 114 Å². The van der Waals surface area contributed by atoms with Crippen molar-refractivity contribution >= 4 is 21.7 Å². The Morgan fingerprint density at radius 2 is 2.11 bits per heavy atom. The van der Waals surface area contributed by atoms with Crippen LogP contribution in [0, 0.1) is 0 Å². The van der Waals surface area contributed by atoms with E-state index in [2.05, 4.69) is 36.2 Å². The van der Waals surface area contributed by atoms with E-state index in [0.29, 0.717) is 5.82 Å². The van der Waals surface area contributed by atoms with Crippen LogP contribution >= 0.6 is 15.9 Å². The average molecular weight is 305 g/mol. The minimum atomic E-state index is 0.701. The van der Waals surface area contributed by atoms with E-state index in [-0.39, 0.29) is 0 Å². The topological polar surface area (TPSA) is 50.7 Å². The second-order valence-corrected chi connectivity index (χ2v) is 5.20. The van der Waals surface area contributed by atoms with Gasteiger partial charge in [-0.1, -0.05) is 0 Å². The van der Waals surface area contributed by atoms with Crippen LogP contribution in [0.4, 0.5) is 5.82 Å². The van der Waals surface area contributed by atoms with Gasteiger partial charge in [0.2, 0.25) is 0 Å². The van der Waals surface area contributed by atoms with Crippen LogP contribution in [-0.2, 0) is 12.8 Å². The highest BCUT2D eigenvalue weighted by atomic mass is 79.9. The van der Waals surface area contributed by atoms with E-state index in [1.54, 1.807) is 6.20 Å².